The van der Waals surface area contributed by atoms with Gasteiger partial charge in [0.05, 0.1) is 12.6 Å². The molecule has 4 rings (SSSR count). The summed E-state index contributed by atoms with van der Waals surface area (Å²) in [6.07, 6.45) is 4.56. The lowest BCUT2D eigenvalue weighted by molar-refractivity contribution is -0.697. The van der Waals surface area contributed by atoms with Crippen molar-refractivity contribution in [3.8, 4) is 0 Å². The van der Waals surface area contributed by atoms with E-state index in [0.717, 1.165) is 19.3 Å². The van der Waals surface area contributed by atoms with Gasteiger partial charge in [0.1, 0.15) is 18.1 Å². The minimum Gasteiger partial charge on any atom is -0.461 e. The number of hydrogen-bond donors (Lipinski definition) is 2. The molecular weight excluding hydrogens is 338 g/mol. The van der Waals surface area contributed by atoms with Crippen LogP contribution in [0.1, 0.15) is 51.6 Å². The van der Waals surface area contributed by atoms with E-state index in [9.17, 15) is 9.90 Å². The number of carbonyl (C=O) groups excluding carboxylic acids is 1. The Labute approximate surface area is 162 Å². The third-order valence-electron chi connectivity index (χ3n) is 7.64. The first kappa shape index (κ1) is 18.7. The van der Waals surface area contributed by atoms with Crippen molar-refractivity contribution in [1.29, 1.82) is 0 Å². The van der Waals surface area contributed by atoms with Gasteiger partial charge in [-0.05, 0) is 25.7 Å². The second-order valence-corrected chi connectivity index (χ2v) is 8.97. The molecule has 4 heteroatoms. The number of carbonyl (C=O) groups is 1. The predicted molar refractivity (Wildman–Crippen MR) is 104 cm³/mol. The Hall–Kier alpha value is -1.65. The standard InChI is InChI=1S/C23H31NO3/c1-14-8-7-11-17-12-19-20(21(25)23(14,17)3)18(22(26)27-19)13-24-15(2)16-9-5-4-6-10-16/h4-6,9-11,14-15,18-21,24-25H,7-8,12-13H2,1-3H3/p+1/t14-,15+,18-,19-,20-,21-,23-/m1/s1. The highest BCUT2D eigenvalue weighted by atomic mass is 16.6. The van der Waals surface area contributed by atoms with Crippen molar-refractivity contribution in [3.63, 3.8) is 0 Å². The summed E-state index contributed by atoms with van der Waals surface area (Å²) in [6.45, 7) is 7.26. The van der Waals surface area contributed by atoms with Crippen molar-refractivity contribution in [2.24, 2.45) is 23.2 Å². The molecule has 1 heterocycles. The van der Waals surface area contributed by atoms with Crippen molar-refractivity contribution in [2.75, 3.05) is 6.54 Å². The fourth-order valence-corrected chi connectivity index (χ4v) is 5.57. The van der Waals surface area contributed by atoms with Crippen molar-refractivity contribution in [3.05, 3.63) is 47.5 Å². The van der Waals surface area contributed by atoms with Crippen LogP contribution in [0.15, 0.2) is 42.0 Å². The second-order valence-electron chi connectivity index (χ2n) is 8.97. The number of aliphatic hydroxyl groups is 1. The number of allylic oxidation sites excluding steroid dienone is 1. The number of quaternary nitrogens is 1. The summed E-state index contributed by atoms with van der Waals surface area (Å²) in [5, 5.41) is 13.6. The fourth-order valence-electron chi connectivity index (χ4n) is 5.57. The van der Waals surface area contributed by atoms with E-state index in [4.69, 9.17) is 4.74 Å². The average Bonchev–Trinajstić information content (AvgIpc) is 2.98. The Morgan fingerprint density at radius 1 is 1.33 bits per heavy atom. The van der Waals surface area contributed by atoms with E-state index >= 15 is 0 Å². The molecule has 4 nitrogen and oxygen atoms in total. The molecule has 7 atom stereocenters. The van der Waals surface area contributed by atoms with Gasteiger partial charge in [-0.3, -0.25) is 4.79 Å². The summed E-state index contributed by atoms with van der Waals surface area (Å²) in [5.41, 5.74) is 2.32. The third-order valence-corrected chi connectivity index (χ3v) is 7.64. The number of rotatable bonds is 4. The molecule has 3 aliphatic rings. The molecular formula is C23H32NO3+. The number of aliphatic hydroxyl groups excluding tert-OH is 1. The summed E-state index contributed by atoms with van der Waals surface area (Å²) >= 11 is 0. The SMILES string of the molecule is C[C@H]([NH2+]C[C@H]1C(=O)O[C@@H]2CC3=CCC[C@@H](C)[C@@]3(C)[C@H](O)[C@@H]21)c1ccccc1. The monoisotopic (exact) mass is 370 g/mol. The van der Waals surface area contributed by atoms with Crippen molar-refractivity contribution < 1.29 is 20.0 Å². The minimum atomic E-state index is -0.519. The molecule has 0 spiro atoms. The van der Waals surface area contributed by atoms with Crippen molar-refractivity contribution in [1.82, 2.24) is 0 Å². The molecule has 27 heavy (non-hydrogen) atoms. The molecule has 0 aromatic heterocycles. The van der Waals surface area contributed by atoms with E-state index in [0.29, 0.717) is 12.5 Å². The van der Waals surface area contributed by atoms with Crippen molar-refractivity contribution >= 4 is 5.97 Å². The zero-order chi connectivity index (χ0) is 19.2. The quantitative estimate of drug-likeness (QED) is 0.633. The molecule has 146 valence electrons. The molecule has 1 saturated carbocycles. The first-order chi connectivity index (χ1) is 12.9. The molecule has 1 saturated heterocycles. The molecule has 1 aromatic rings. The topological polar surface area (TPSA) is 63.1 Å². The zero-order valence-corrected chi connectivity index (χ0v) is 16.6. The van der Waals surface area contributed by atoms with Gasteiger partial charge in [-0.15, -0.1) is 0 Å². The van der Waals surface area contributed by atoms with Crippen LogP contribution in [0.5, 0.6) is 0 Å². The number of ether oxygens (including phenoxy) is 1. The Balaban J connectivity index is 1.52. The van der Waals surface area contributed by atoms with Crippen LogP contribution in [-0.2, 0) is 9.53 Å². The van der Waals surface area contributed by atoms with Gasteiger partial charge in [0.25, 0.3) is 0 Å². The average molecular weight is 371 g/mol. The molecule has 2 aliphatic carbocycles. The first-order valence-corrected chi connectivity index (χ1v) is 10.4. The zero-order valence-electron chi connectivity index (χ0n) is 16.6. The van der Waals surface area contributed by atoms with Crippen LogP contribution in [0.2, 0.25) is 0 Å². The van der Waals surface area contributed by atoms with Crippen LogP contribution in [0, 0.1) is 23.2 Å². The van der Waals surface area contributed by atoms with Crippen LogP contribution in [0.25, 0.3) is 0 Å². The van der Waals surface area contributed by atoms with Crippen LogP contribution >= 0.6 is 0 Å². The third kappa shape index (κ3) is 3.03. The number of hydrogen-bond acceptors (Lipinski definition) is 3. The summed E-state index contributed by atoms with van der Waals surface area (Å²) in [6, 6.07) is 10.6. The lowest BCUT2D eigenvalue weighted by Crippen LogP contribution is -2.86. The summed E-state index contributed by atoms with van der Waals surface area (Å²) in [4.78, 5) is 12.7. The van der Waals surface area contributed by atoms with E-state index < -0.39 is 6.10 Å². The van der Waals surface area contributed by atoms with E-state index in [-0.39, 0.29) is 35.4 Å². The largest absolute Gasteiger partial charge is 0.461 e. The Morgan fingerprint density at radius 3 is 2.81 bits per heavy atom. The lowest BCUT2D eigenvalue weighted by atomic mass is 9.55. The normalized spacial score (nSPS) is 39.2. The van der Waals surface area contributed by atoms with Gasteiger partial charge in [0, 0.05) is 23.3 Å². The van der Waals surface area contributed by atoms with E-state index in [1.807, 2.05) is 18.2 Å². The Bertz CT molecular complexity index is 730. The highest BCUT2D eigenvalue weighted by Crippen LogP contribution is 2.55. The van der Waals surface area contributed by atoms with Gasteiger partial charge >= 0.3 is 5.97 Å². The summed E-state index contributed by atoms with van der Waals surface area (Å²) in [5.74, 6) is -0.0313. The van der Waals surface area contributed by atoms with Crippen LogP contribution in [0.3, 0.4) is 0 Å². The van der Waals surface area contributed by atoms with E-state index in [2.05, 4.69) is 44.3 Å². The molecule has 2 fully saturated rings. The van der Waals surface area contributed by atoms with Crippen LogP contribution < -0.4 is 5.32 Å². The fraction of sp³-hybridized carbons (Fsp3) is 0.609. The second kappa shape index (κ2) is 7.06. The first-order valence-electron chi connectivity index (χ1n) is 10.4. The molecule has 0 radical (unpaired) electrons. The van der Waals surface area contributed by atoms with Crippen LogP contribution in [0.4, 0.5) is 0 Å². The summed E-state index contributed by atoms with van der Waals surface area (Å²) < 4.78 is 5.76. The maximum absolute atomic E-state index is 12.7. The lowest BCUT2D eigenvalue weighted by Gasteiger charge is -2.51. The maximum atomic E-state index is 12.7. The van der Waals surface area contributed by atoms with Gasteiger partial charge in [-0.1, -0.05) is 55.8 Å². The van der Waals surface area contributed by atoms with E-state index in [1.165, 1.54) is 11.1 Å². The number of fused-ring (bicyclic) bond motifs is 2. The van der Waals surface area contributed by atoms with Gasteiger partial charge in [-0.2, -0.15) is 0 Å². The number of benzene rings is 1. The van der Waals surface area contributed by atoms with Gasteiger partial charge in [0.2, 0.25) is 0 Å². The molecule has 0 unspecified atom stereocenters. The van der Waals surface area contributed by atoms with E-state index in [1.54, 1.807) is 0 Å². The smallest absolute Gasteiger partial charge is 0.315 e. The number of esters is 1. The Kier molecular flexibility index (Phi) is 4.89. The van der Waals surface area contributed by atoms with Crippen molar-refractivity contribution in [2.45, 2.75) is 58.3 Å². The van der Waals surface area contributed by atoms with Gasteiger partial charge in [0.15, 0.2) is 0 Å². The molecule has 0 bridgehead atoms. The highest BCUT2D eigenvalue weighted by molar-refractivity contribution is 5.76. The molecule has 1 aliphatic heterocycles. The number of nitrogens with two attached hydrogens (primary N) is 1. The highest BCUT2D eigenvalue weighted by Gasteiger charge is 2.60. The summed E-state index contributed by atoms with van der Waals surface area (Å²) in [7, 11) is 0. The molecule has 1 aromatic carbocycles. The predicted octanol–water partition coefficient (Wildman–Crippen LogP) is 2.60. The van der Waals surface area contributed by atoms with Gasteiger partial charge in [-0.25, -0.2) is 0 Å². The molecule has 0 amide bonds. The maximum Gasteiger partial charge on any atom is 0.315 e. The minimum absolute atomic E-state index is 0.0978. The van der Waals surface area contributed by atoms with Gasteiger partial charge < -0.3 is 15.2 Å². The van der Waals surface area contributed by atoms with Crippen LogP contribution in [-0.4, -0.2) is 29.8 Å². The Morgan fingerprint density at radius 2 is 2.07 bits per heavy atom. The molecule has 3 N–H and O–H groups in total.